The molecule has 1 saturated heterocycles. The van der Waals surface area contributed by atoms with Gasteiger partial charge in [0.2, 0.25) is 0 Å². The van der Waals surface area contributed by atoms with E-state index in [9.17, 15) is 0 Å². The third-order valence-electron chi connectivity index (χ3n) is 6.60. The van der Waals surface area contributed by atoms with E-state index in [2.05, 4.69) is 47.8 Å². The molecule has 1 N–H and O–H groups in total. The first kappa shape index (κ1) is 23.4. The van der Waals surface area contributed by atoms with E-state index in [0.717, 1.165) is 47.7 Å². The molecule has 4 aromatic carbocycles. The van der Waals surface area contributed by atoms with Crippen LogP contribution in [-0.2, 0) is 11.3 Å². The first-order valence-electron chi connectivity index (χ1n) is 11.9. The van der Waals surface area contributed by atoms with Crippen LogP contribution in [0.1, 0.15) is 23.5 Å². The highest BCUT2D eigenvalue weighted by Crippen LogP contribution is 2.37. The summed E-state index contributed by atoms with van der Waals surface area (Å²) in [6.45, 7) is 2.33. The predicted octanol–water partition coefficient (Wildman–Crippen LogP) is 7.46. The largest absolute Gasteiger partial charge is 0.457 e. The molecule has 2 atom stereocenters. The van der Waals surface area contributed by atoms with Gasteiger partial charge in [-0.15, -0.1) is 12.4 Å². The first-order chi connectivity index (χ1) is 16.8. The summed E-state index contributed by atoms with van der Waals surface area (Å²) >= 11 is 0. The number of para-hydroxylation sites is 3. The lowest BCUT2D eigenvalue weighted by molar-refractivity contribution is 0.0107. The number of piperidine rings is 1. The molecule has 2 heterocycles. The Kier molecular flexibility index (Phi) is 7.05. The van der Waals surface area contributed by atoms with Gasteiger partial charge in [-0.3, -0.25) is 0 Å². The Morgan fingerprint density at radius 1 is 0.800 bits per heavy atom. The molecular formula is C30H28ClNO3. The van der Waals surface area contributed by atoms with E-state index in [0.29, 0.717) is 6.61 Å². The third kappa shape index (κ3) is 4.92. The fourth-order valence-electron chi connectivity index (χ4n) is 4.95. The van der Waals surface area contributed by atoms with E-state index in [4.69, 9.17) is 13.9 Å². The summed E-state index contributed by atoms with van der Waals surface area (Å²) in [5.74, 6) is 1.92. The van der Waals surface area contributed by atoms with E-state index < -0.39 is 0 Å². The van der Waals surface area contributed by atoms with Gasteiger partial charge in [0.1, 0.15) is 22.7 Å². The van der Waals surface area contributed by atoms with E-state index in [1.54, 1.807) is 0 Å². The van der Waals surface area contributed by atoms with Gasteiger partial charge >= 0.3 is 0 Å². The average Bonchev–Trinajstić information content (AvgIpc) is 3.28. The van der Waals surface area contributed by atoms with Crippen molar-refractivity contribution in [1.82, 2.24) is 5.32 Å². The van der Waals surface area contributed by atoms with Crippen LogP contribution in [0, 0.1) is 0 Å². The Morgan fingerprint density at radius 3 is 2.49 bits per heavy atom. The molecule has 1 fully saturated rings. The highest BCUT2D eigenvalue weighted by molar-refractivity contribution is 6.05. The van der Waals surface area contributed by atoms with Crippen molar-refractivity contribution in [3.63, 3.8) is 0 Å². The zero-order valence-corrected chi connectivity index (χ0v) is 20.2. The van der Waals surface area contributed by atoms with Gasteiger partial charge in [0.25, 0.3) is 0 Å². The first-order valence-corrected chi connectivity index (χ1v) is 11.9. The van der Waals surface area contributed by atoms with Gasteiger partial charge in [-0.25, -0.2) is 0 Å². The molecule has 178 valence electrons. The highest BCUT2D eigenvalue weighted by Gasteiger charge is 2.30. The molecule has 0 spiro atoms. The normalized spacial score (nSPS) is 17.8. The number of benzene rings is 4. The van der Waals surface area contributed by atoms with Gasteiger partial charge in [0.05, 0.1) is 12.7 Å². The molecule has 2 unspecified atom stereocenters. The molecule has 0 amide bonds. The van der Waals surface area contributed by atoms with Gasteiger partial charge in [-0.05, 0) is 48.9 Å². The summed E-state index contributed by atoms with van der Waals surface area (Å²) in [5, 5.41) is 5.85. The van der Waals surface area contributed by atoms with E-state index in [1.165, 1.54) is 16.3 Å². The summed E-state index contributed by atoms with van der Waals surface area (Å²) in [6.07, 6.45) is 1.07. The Morgan fingerprint density at radius 2 is 1.57 bits per heavy atom. The van der Waals surface area contributed by atoms with Gasteiger partial charge in [0, 0.05) is 28.8 Å². The maximum atomic E-state index is 6.50. The molecular weight excluding hydrogens is 458 g/mol. The second-order valence-electron chi connectivity index (χ2n) is 8.83. The minimum absolute atomic E-state index is 0. The number of hydrogen-bond donors (Lipinski definition) is 1. The van der Waals surface area contributed by atoms with Gasteiger partial charge in [-0.2, -0.15) is 0 Å². The number of fused-ring (bicyclic) bond motifs is 3. The predicted molar refractivity (Wildman–Crippen MR) is 143 cm³/mol. The fraction of sp³-hybridized carbons (Fsp3) is 0.200. The number of halogens is 1. The van der Waals surface area contributed by atoms with Crippen LogP contribution in [0.2, 0.25) is 0 Å². The third-order valence-corrected chi connectivity index (χ3v) is 6.60. The molecule has 0 saturated carbocycles. The van der Waals surface area contributed by atoms with Crippen LogP contribution >= 0.6 is 12.4 Å². The fourth-order valence-corrected chi connectivity index (χ4v) is 4.95. The number of rotatable bonds is 6. The maximum Gasteiger partial charge on any atom is 0.138 e. The standard InChI is InChI=1S/C30H27NO3.ClH/c1-2-9-22(10-3-1)33-23-11-6-8-21(18-23)20-32-29-19-31-17-16-25(29)27-14-7-13-26-24-12-4-5-15-28(24)34-30(26)27;/h1-15,18,25,29,31H,16-17,19-20H2;1H. The van der Waals surface area contributed by atoms with Crippen LogP contribution in [0.25, 0.3) is 21.9 Å². The van der Waals surface area contributed by atoms with Crippen molar-refractivity contribution in [3.05, 3.63) is 108 Å². The summed E-state index contributed by atoms with van der Waals surface area (Å²) in [7, 11) is 0. The molecule has 1 aromatic heterocycles. The van der Waals surface area contributed by atoms with E-state index >= 15 is 0 Å². The monoisotopic (exact) mass is 485 g/mol. The molecule has 5 heteroatoms. The van der Waals surface area contributed by atoms with E-state index in [1.807, 2.05) is 54.6 Å². The molecule has 35 heavy (non-hydrogen) atoms. The summed E-state index contributed by atoms with van der Waals surface area (Å²) in [6, 6.07) is 32.7. The molecule has 6 rings (SSSR count). The second kappa shape index (κ2) is 10.5. The Labute approximate surface area is 211 Å². The summed E-state index contributed by atoms with van der Waals surface area (Å²) in [5.41, 5.74) is 4.26. The lowest BCUT2D eigenvalue weighted by Crippen LogP contribution is -2.41. The molecule has 0 radical (unpaired) electrons. The average molecular weight is 486 g/mol. The second-order valence-corrected chi connectivity index (χ2v) is 8.83. The zero-order chi connectivity index (χ0) is 22.7. The summed E-state index contributed by atoms with van der Waals surface area (Å²) < 4.78 is 18.8. The number of furan rings is 1. The van der Waals surface area contributed by atoms with Crippen molar-refractivity contribution >= 4 is 34.3 Å². The Balaban J connectivity index is 0.00000253. The number of nitrogens with one attached hydrogen (secondary N) is 1. The SMILES string of the molecule is Cl.c1ccc(Oc2cccc(COC3CNCCC3c3cccc4c3oc3ccccc34)c2)cc1. The minimum Gasteiger partial charge on any atom is -0.457 e. The van der Waals surface area contributed by atoms with Crippen molar-refractivity contribution in [2.75, 3.05) is 13.1 Å². The molecule has 5 aromatic rings. The van der Waals surface area contributed by atoms with Crippen molar-refractivity contribution in [2.24, 2.45) is 0 Å². The van der Waals surface area contributed by atoms with Gasteiger partial charge in [0.15, 0.2) is 0 Å². The maximum absolute atomic E-state index is 6.50. The van der Waals surface area contributed by atoms with Gasteiger partial charge < -0.3 is 19.2 Å². The molecule has 0 bridgehead atoms. The minimum atomic E-state index is 0. The van der Waals surface area contributed by atoms with Crippen LogP contribution in [0.3, 0.4) is 0 Å². The lowest BCUT2D eigenvalue weighted by Gasteiger charge is -2.32. The summed E-state index contributed by atoms with van der Waals surface area (Å²) in [4.78, 5) is 0. The van der Waals surface area contributed by atoms with Crippen LogP contribution < -0.4 is 10.1 Å². The van der Waals surface area contributed by atoms with Crippen molar-refractivity contribution in [1.29, 1.82) is 0 Å². The van der Waals surface area contributed by atoms with Crippen LogP contribution in [0.4, 0.5) is 0 Å². The lowest BCUT2D eigenvalue weighted by atomic mass is 9.86. The quantitative estimate of drug-likeness (QED) is 0.271. The smallest absolute Gasteiger partial charge is 0.138 e. The van der Waals surface area contributed by atoms with Crippen LogP contribution in [-0.4, -0.2) is 19.2 Å². The number of ether oxygens (including phenoxy) is 2. The zero-order valence-electron chi connectivity index (χ0n) is 19.4. The van der Waals surface area contributed by atoms with Gasteiger partial charge in [-0.1, -0.05) is 66.7 Å². The molecule has 1 aliphatic rings. The van der Waals surface area contributed by atoms with Crippen molar-refractivity contribution < 1.29 is 13.9 Å². The van der Waals surface area contributed by atoms with Crippen LogP contribution in [0.15, 0.2) is 101 Å². The van der Waals surface area contributed by atoms with Crippen LogP contribution in [0.5, 0.6) is 11.5 Å². The van der Waals surface area contributed by atoms with E-state index in [-0.39, 0.29) is 24.4 Å². The molecule has 4 nitrogen and oxygen atoms in total. The highest BCUT2D eigenvalue weighted by atomic mass is 35.5. The van der Waals surface area contributed by atoms with Crippen molar-refractivity contribution in [2.45, 2.75) is 25.0 Å². The Hall–Kier alpha value is -3.31. The molecule has 0 aliphatic carbocycles. The van der Waals surface area contributed by atoms with Crippen molar-refractivity contribution in [3.8, 4) is 11.5 Å². The topological polar surface area (TPSA) is 43.6 Å². The number of hydrogen-bond acceptors (Lipinski definition) is 4. The molecule has 1 aliphatic heterocycles. The Bertz CT molecular complexity index is 1420.